The molecule has 1 amide bonds. The topological polar surface area (TPSA) is 160 Å². The van der Waals surface area contributed by atoms with E-state index in [0.29, 0.717) is 56.5 Å². The second-order valence-corrected chi connectivity index (χ2v) is 11.6. The van der Waals surface area contributed by atoms with Gasteiger partial charge in [-0.25, -0.2) is 14.8 Å². The molecule has 1 atom stereocenters. The Labute approximate surface area is 243 Å². The molecule has 41 heavy (non-hydrogen) atoms. The molecular weight excluding hydrogens is 542 g/mol. The molecule has 3 aromatic heterocycles. The number of pyridine rings is 1. The van der Waals surface area contributed by atoms with E-state index in [4.69, 9.17) is 21.4 Å². The number of aliphatic carboxylic acids is 1. The highest BCUT2D eigenvalue weighted by Crippen LogP contribution is 2.22. The third kappa shape index (κ3) is 7.57. The van der Waals surface area contributed by atoms with Crippen LogP contribution in [0.15, 0.2) is 34.6 Å². The minimum atomic E-state index is -1.15. The monoisotopic (exact) mass is 581 g/mol. The molecule has 0 spiro atoms. The third-order valence-electron chi connectivity index (χ3n) is 7.27. The van der Waals surface area contributed by atoms with Gasteiger partial charge in [0, 0.05) is 50.3 Å². The Kier molecular flexibility index (Phi) is 10.2. The van der Waals surface area contributed by atoms with Crippen LogP contribution in [0.4, 0.5) is 5.82 Å². The van der Waals surface area contributed by atoms with Crippen molar-refractivity contribution in [1.29, 1.82) is 0 Å². The van der Waals surface area contributed by atoms with Gasteiger partial charge in [0.1, 0.15) is 11.5 Å². The molecule has 11 nitrogen and oxygen atoms in total. The van der Waals surface area contributed by atoms with Gasteiger partial charge in [-0.3, -0.25) is 14.0 Å². The summed E-state index contributed by atoms with van der Waals surface area (Å²) in [6.07, 6.45) is 7.69. The van der Waals surface area contributed by atoms with E-state index >= 15 is 0 Å². The molecule has 4 rings (SSSR count). The van der Waals surface area contributed by atoms with Crippen LogP contribution in [0.25, 0.3) is 11.7 Å². The van der Waals surface area contributed by atoms with Gasteiger partial charge in [-0.1, -0.05) is 20.3 Å². The number of carbonyl (C=O) groups excluding carboxylic acids is 1. The maximum Gasteiger partial charge on any atom is 0.328 e. The largest absolute Gasteiger partial charge is 0.478 e. The molecular formula is C29H39N7O4S. The van der Waals surface area contributed by atoms with E-state index in [0.717, 1.165) is 48.0 Å². The van der Waals surface area contributed by atoms with Crippen molar-refractivity contribution in [2.24, 2.45) is 11.5 Å². The van der Waals surface area contributed by atoms with Gasteiger partial charge in [0.25, 0.3) is 5.56 Å². The smallest absolute Gasteiger partial charge is 0.328 e. The molecule has 4 heterocycles. The number of aryl methyl sites for hydroxylation is 2. The van der Waals surface area contributed by atoms with E-state index in [2.05, 4.69) is 19.2 Å². The SMILES string of the molecule is CC(C)c1csc(CCc2ccn3c(=O)c(/C=C/C(=O)O)c(N4CCN(C(=O)[C@@H](N)CCCCN)CC4)nc3c2)n1. The van der Waals surface area contributed by atoms with Crippen LogP contribution < -0.4 is 21.9 Å². The molecule has 1 aliphatic rings. The average molecular weight is 582 g/mol. The first-order valence-corrected chi connectivity index (χ1v) is 15.0. The maximum atomic E-state index is 13.5. The van der Waals surface area contributed by atoms with Gasteiger partial charge in [-0.05, 0) is 55.5 Å². The molecule has 1 fully saturated rings. The highest BCUT2D eigenvalue weighted by atomic mass is 32.1. The quantitative estimate of drug-likeness (QED) is 0.215. The zero-order chi connectivity index (χ0) is 29.5. The van der Waals surface area contributed by atoms with Gasteiger partial charge in [-0.15, -0.1) is 11.3 Å². The molecule has 3 aromatic rings. The first kappa shape index (κ1) is 30.4. The minimum Gasteiger partial charge on any atom is -0.478 e. The zero-order valence-corrected chi connectivity index (χ0v) is 24.5. The van der Waals surface area contributed by atoms with E-state index in [1.54, 1.807) is 22.4 Å². The normalized spacial score (nSPS) is 14.9. The lowest BCUT2D eigenvalue weighted by Crippen LogP contribution is -2.53. The number of hydrogen-bond acceptors (Lipinski definition) is 9. The number of unbranched alkanes of at least 4 members (excludes halogenated alkanes) is 1. The van der Waals surface area contributed by atoms with Crippen LogP contribution in [0.5, 0.6) is 0 Å². The molecule has 5 N–H and O–H groups in total. The van der Waals surface area contributed by atoms with Crippen LogP contribution in [0.1, 0.15) is 60.9 Å². The van der Waals surface area contributed by atoms with E-state index in [1.165, 1.54) is 10.5 Å². The molecule has 0 aromatic carbocycles. The fraction of sp³-hybridized carbons (Fsp3) is 0.483. The van der Waals surface area contributed by atoms with Gasteiger partial charge >= 0.3 is 5.97 Å². The molecule has 1 saturated heterocycles. The standard InChI is InChI=1S/C29H39N7O4S/c1-19(2)23-18-41-25(32-23)8-6-20-10-12-36-24(17-20)33-27(21(28(36)39)7-9-26(37)38)34-13-15-35(16-14-34)29(40)22(31)5-3-4-11-30/h7,9-10,12,17-19,22H,3-6,8,11,13-16,30-31H2,1-2H3,(H,37,38)/b9-7+/t22-/m0/s1. The number of carboxylic acid groups (broad SMARTS) is 1. The van der Waals surface area contributed by atoms with Crippen molar-refractivity contribution >= 4 is 40.8 Å². The predicted molar refractivity (Wildman–Crippen MR) is 161 cm³/mol. The fourth-order valence-electron chi connectivity index (χ4n) is 4.84. The first-order chi connectivity index (χ1) is 19.7. The summed E-state index contributed by atoms with van der Waals surface area (Å²) in [5, 5.41) is 12.4. The Hall–Kier alpha value is -3.61. The number of rotatable bonds is 12. The number of amides is 1. The van der Waals surface area contributed by atoms with Crippen molar-refractivity contribution in [2.75, 3.05) is 37.6 Å². The lowest BCUT2D eigenvalue weighted by atomic mass is 10.1. The van der Waals surface area contributed by atoms with Crippen molar-refractivity contribution in [1.82, 2.24) is 19.3 Å². The van der Waals surface area contributed by atoms with E-state index < -0.39 is 12.0 Å². The predicted octanol–water partition coefficient (Wildman–Crippen LogP) is 2.26. The number of fused-ring (bicyclic) bond motifs is 1. The van der Waals surface area contributed by atoms with Crippen LogP contribution in [0.2, 0.25) is 0 Å². The Morgan fingerprint density at radius 1 is 1.15 bits per heavy atom. The lowest BCUT2D eigenvalue weighted by Gasteiger charge is -2.37. The minimum absolute atomic E-state index is 0.0930. The Morgan fingerprint density at radius 3 is 2.56 bits per heavy atom. The van der Waals surface area contributed by atoms with E-state index in [-0.39, 0.29) is 17.0 Å². The summed E-state index contributed by atoms with van der Waals surface area (Å²) in [5.74, 6) is -0.453. The van der Waals surface area contributed by atoms with Gasteiger partial charge in [0.15, 0.2) is 0 Å². The van der Waals surface area contributed by atoms with Crippen LogP contribution in [-0.2, 0) is 22.4 Å². The van der Waals surface area contributed by atoms with Crippen LogP contribution in [0, 0.1) is 0 Å². The molecule has 12 heteroatoms. The summed E-state index contributed by atoms with van der Waals surface area (Å²) in [4.78, 5) is 50.9. The lowest BCUT2D eigenvalue weighted by molar-refractivity contribution is -0.133. The Bertz CT molecular complexity index is 1460. The summed E-state index contributed by atoms with van der Waals surface area (Å²) < 4.78 is 1.44. The number of nitrogens with two attached hydrogens (primary N) is 2. The highest BCUT2D eigenvalue weighted by Gasteiger charge is 2.27. The first-order valence-electron chi connectivity index (χ1n) is 14.1. The van der Waals surface area contributed by atoms with Crippen molar-refractivity contribution in [3.05, 3.63) is 62.0 Å². The van der Waals surface area contributed by atoms with Crippen LogP contribution in [0.3, 0.4) is 0 Å². The maximum absolute atomic E-state index is 13.5. The Balaban J connectivity index is 1.56. The second-order valence-electron chi connectivity index (χ2n) is 10.6. The number of carbonyl (C=O) groups is 2. The van der Waals surface area contributed by atoms with E-state index in [1.807, 2.05) is 17.0 Å². The number of anilines is 1. The van der Waals surface area contributed by atoms with Gasteiger partial charge < -0.3 is 26.4 Å². The van der Waals surface area contributed by atoms with E-state index in [9.17, 15) is 19.5 Å². The molecule has 0 aliphatic carbocycles. The van der Waals surface area contributed by atoms with Crippen molar-refractivity contribution < 1.29 is 14.7 Å². The number of nitrogens with zero attached hydrogens (tertiary/aromatic N) is 5. The average Bonchev–Trinajstić information content (AvgIpc) is 3.45. The molecule has 220 valence electrons. The fourth-order valence-corrected chi connectivity index (χ4v) is 5.80. The number of carboxylic acids is 1. The molecule has 0 saturated carbocycles. The second kappa shape index (κ2) is 13.8. The highest BCUT2D eigenvalue weighted by molar-refractivity contribution is 7.09. The van der Waals surface area contributed by atoms with Gasteiger partial charge in [0.05, 0.1) is 22.3 Å². The zero-order valence-electron chi connectivity index (χ0n) is 23.7. The van der Waals surface area contributed by atoms with Crippen LogP contribution in [-0.4, -0.2) is 75.0 Å². The summed E-state index contributed by atoms with van der Waals surface area (Å²) >= 11 is 1.66. The number of piperazine rings is 1. The molecule has 0 unspecified atom stereocenters. The number of aromatic nitrogens is 3. The third-order valence-corrected chi connectivity index (χ3v) is 8.19. The summed E-state index contributed by atoms with van der Waals surface area (Å²) in [6.45, 7) is 6.57. The summed E-state index contributed by atoms with van der Waals surface area (Å²) in [6, 6.07) is 3.22. The van der Waals surface area contributed by atoms with Crippen molar-refractivity contribution in [2.45, 2.75) is 57.9 Å². The van der Waals surface area contributed by atoms with Gasteiger partial charge in [0.2, 0.25) is 5.91 Å². The number of thiazole rings is 1. The molecule has 0 bridgehead atoms. The molecule has 0 radical (unpaired) electrons. The molecule has 1 aliphatic heterocycles. The summed E-state index contributed by atoms with van der Waals surface area (Å²) in [7, 11) is 0. The van der Waals surface area contributed by atoms with Crippen molar-refractivity contribution in [3.8, 4) is 0 Å². The van der Waals surface area contributed by atoms with Crippen LogP contribution >= 0.6 is 11.3 Å². The number of hydrogen-bond donors (Lipinski definition) is 3. The Morgan fingerprint density at radius 2 is 1.90 bits per heavy atom. The van der Waals surface area contributed by atoms with Gasteiger partial charge in [-0.2, -0.15) is 0 Å². The summed E-state index contributed by atoms with van der Waals surface area (Å²) in [5.41, 5.74) is 14.1. The van der Waals surface area contributed by atoms with Crippen molar-refractivity contribution in [3.63, 3.8) is 0 Å².